The van der Waals surface area contributed by atoms with Gasteiger partial charge in [-0.05, 0) is 53.9 Å². The molecular formula is C14H17BrN4O2. The first-order valence-corrected chi connectivity index (χ1v) is 8.10. The Kier molecular flexibility index (Phi) is 3.35. The van der Waals surface area contributed by atoms with Gasteiger partial charge in [0.1, 0.15) is 4.60 Å². The van der Waals surface area contributed by atoms with Crippen LogP contribution in [0.25, 0.3) is 11.2 Å². The van der Waals surface area contributed by atoms with Gasteiger partial charge in [-0.2, -0.15) is 4.98 Å². The lowest BCUT2D eigenvalue weighted by Gasteiger charge is -2.36. The van der Waals surface area contributed by atoms with Crippen molar-refractivity contribution in [3.8, 4) is 0 Å². The number of aromatic nitrogens is 2. The van der Waals surface area contributed by atoms with E-state index in [9.17, 15) is 5.11 Å². The van der Waals surface area contributed by atoms with Crippen LogP contribution in [0.1, 0.15) is 19.3 Å². The van der Waals surface area contributed by atoms with Crippen LogP contribution in [0.3, 0.4) is 0 Å². The van der Waals surface area contributed by atoms with Gasteiger partial charge in [-0.1, -0.05) is 0 Å². The highest BCUT2D eigenvalue weighted by Gasteiger charge is 2.39. The second-order valence-electron chi connectivity index (χ2n) is 5.82. The summed E-state index contributed by atoms with van der Waals surface area (Å²) >= 11 is 3.34. The number of oxazole rings is 1. The summed E-state index contributed by atoms with van der Waals surface area (Å²) in [7, 11) is 0. The molecule has 2 aromatic rings. The van der Waals surface area contributed by atoms with Crippen molar-refractivity contribution in [1.29, 1.82) is 0 Å². The first-order chi connectivity index (χ1) is 10.2. The molecular weight excluding hydrogens is 336 g/mol. The Morgan fingerprint density at radius 2 is 2.29 bits per heavy atom. The predicted octanol–water partition coefficient (Wildman–Crippen LogP) is 1.99. The molecule has 2 fully saturated rings. The molecule has 0 saturated carbocycles. The lowest BCUT2D eigenvalue weighted by molar-refractivity contribution is 0.161. The van der Waals surface area contributed by atoms with Crippen LogP contribution in [0.5, 0.6) is 0 Å². The van der Waals surface area contributed by atoms with Crippen molar-refractivity contribution in [2.75, 3.05) is 18.4 Å². The highest BCUT2D eigenvalue weighted by molar-refractivity contribution is 9.10. The van der Waals surface area contributed by atoms with Gasteiger partial charge < -0.3 is 14.8 Å². The van der Waals surface area contributed by atoms with Crippen LogP contribution >= 0.6 is 15.9 Å². The molecule has 2 N–H and O–H groups in total. The lowest BCUT2D eigenvalue weighted by Crippen LogP contribution is -2.47. The number of piperidine rings is 1. The molecule has 2 aromatic heterocycles. The van der Waals surface area contributed by atoms with Gasteiger partial charge >= 0.3 is 0 Å². The van der Waals surface area contributed by atoms with Crippen molar-refractivity contribution in [2.45, 2.75) is 37.5 Å². The molecule has 0 aliphatic carbocycles. The van der Waals surface area contributed by atoms with E-state index in [-0.39, 0.29) is 12.1 Å². The highest BCUT2D eigenvalue weighted by Crippen LogP contribution is 2.30. The molecule has 3 unspecified atom stereocenters. The van der Waals surface area contributed by atoms with Crippen LogP contribution in [0.4, 0.5) is 6.01 Å². The molecule has 21 heavy (non-hydrogen) atoms. The molecule has 3 atom stereocenters. The highest BCUT2D eigenvalue weighted by atomic mass is 79.9. The summed E-state index contributed by atoms with van der Waals surface area (Å²) in [6, 6.07) is 4.85. The van der Waals surface area contributed by atoms with Crippen molar-refractivity contribution >= 4 is 33.2 Å². The molecule has 4 heterocycles. The molecule has 4 rings (SSSR count). The number of pyridine rings is 1. The van der Waals surface area contributed by atoms with Gasteiger partial charge in [0.15, 0.2) is 5.58 Å². The van der Waals surface area contributed by atoms with E-state index >= 15 is 0 Å². The molecule has 112 valence electrons. The summed E-state index contributed by atoms with van der Waals surface area (Å²) in [6.07, 6.45) is 2.81. The minimum absolute atomic E-state index is 0.210. The molecule has 0 aromatic carbocycles. The Morgan fingerprint density at radius 1 is 1.38 bits per heavy atom. The summed E-state index contributed by atoms with van der Waals surface area (Å²) < 4.78 is 6.46. The Morgan fingerprint density at radius 3 is 3.19 bits per heavy atom. The summed E-state index contributed by atoms with van der Waals surface area (Å²) in [6.45, 7) is 1.85. The first-order valence-electron chi connectivity index (χ1n) is 7.31. The van der Waals surface area contributed by atoms with Crippen LogP contribution in [0.15, 0.2) is 21.2 Å². The predicted molar refractivity (Wildman–Crippen MR) is 82.1 cm³/mol. The Balaban J connectivity index is 1.56. The number of nitrogens with zero attached hydrogens (tertiary/aromatic N) is 3. The summed E-state index contributed by atoms with van der Waals surface area (Å²) in [4.78, 5) is 11.1. The standard InChI is InChI=1S/C14H17BrN4O2/c15-12-4-3-11-13(17-12)18-14(21-11)16-9-2-1-5-19-7-8(20)6-10(9)19/h3-4,8-10,20H,1-2,5-7H2,(H,16,17,18). The van der Waals surface area contributed by atoms with Crippen molar-refractivity contribution in [2.24, 2.45) is 0 Å². The van der Waals surface area contributed by atoms with E-state index in [1.54, 1.807) is 0 Å². The third-order valence-electron chi connectivity index (χ3n) is 4.38. The van der Waals surface area contributed by atoms with Crippen molar-refractivity contribution < 1.29 is 9.52 Å². The van der Waals surface area contributed by atoms with Crippen LogP contribution in [0, 0.1) is 0 Å². The first kappa shape index (κ1) is 13.5. The third kappa shape index (κ3) is 2.54. The van der Waals surface area contributed by atoms with Crippen molar-refractivity contribution in [3.05, 3.63) is 16.7 Å². The summed E-state index contributed by atoms with van der Waals surface area (Å²) in [5.74, 6) is 0. The number of halogens is 1. The zero-order valence-electron chi connectivity index (χ0n) is 11.5. The van der Waals surface area contributed by atoms with Crippen LogP contribution in [-0.2, 0) is 0 Å². The van der Waals surface area contributed by atoms with E-state index in [0.29, 0.717) is 23.3 Å². The van der Waals surface area contributed by atoms with Gasteiger partial charge in [0, 0.05) is 18.6 Å². The van der Waals surface area contributed by atoms with E-state index in [1.165, 1.54) is 0 Å². The molecule has 7 heteroatoms. The topological polar surface area (TPSA) is 74.4 Å². The molecule has 2 saturated heterocycles. The minimum Gasteiger partial charge on any atom is -0.422 e. The van der Waals surface area contributed by atoms with E-state index < -0.39 is 0 Å². The second-order valence-corrected chi connectivity index (χ2v) is 6.63. The fourth-order valence-corrected chi connectivity index (χ4v) is 3.78. The SMILES string of the molecule is OC1CC2C(Nc3nc4nc(Br)ccc4o3)CCCN2C1. The number of hydrogen-bond donors (Lipinski definition) is 2. The number of aliphatic hydroxyl groups is 1. The average Bonchev–Trinajstić information content (AvgIpc) is 3.01. The molecule has 2 aliphatic rings. The van der Waals surface area contributed by atoms with E-state index in [4.69, 9.17) is 4.42 Å². The number of fused-ring (bicyclic) bond motifs is 2. The fraction of sp³-hybridized carbons (Fsp3) is 0.571. The number of aliphatic hydroxyl groups excluding tert-OH is 1. The maximum absolute atomic E-state index is 9.87. The Labute approximate surface area is 130 Å². The van der Waals surface area contributed by atoms with Gasteiger partial charge in [-0.15, -0.1) is 0 Å². The quantitative estimate of drug-likeness (QED) is 0.805. The minimum atomic E-state index is -0.210. The molecule has 6 nitrogen and oxygen atoms in total. The number of nitrogens with one attached hydrogen (secondary N) is 1. The Bertz CT molecular complexity index is 661. The smallest absolute Gasteiger partial charge is 0.297 e. The molecule has 0 bridgehead atoms. The number of anilines is 1. The number of rotatable bonds is 2. The number of hydrogen-bond acceptors (Lipinski definition) is 6. The normalized spacial score (nSPS) is 29.7. The second kappa shape index (κ2) is 5.23. The molecule has 0 radical (unpaired) electrons. The van der Waals surface area contributed by atoms with Crippen molar-refractivity contribution in [1.82, 2.24) is 14.9 Å². The zero-order chi connectivity index (χ0) is 14.4. The lowest BCUT2D eigenvalue weighted by atomic mass is 9.96. The van der Waals surface area contributed by atoms with E-state index in [2.05, 4.69) is 36.1 Å². The van der Waals surface area contributed by atoms with Gasteiger partial charge in [0.2, 0.25) is 5.65 Å². The molecule has 2 aliphatic heterocycles. The largest absolute Gasteiger partial charge is 0.422 e. The monoisotopic (exact) mass is 352 g/mol. The van der Waals surface area contributed by atoms with Crippen molar-refractivity contribution in [3.63, 3.8) is 0 Å². The zero-order valence-corrected chi connectivity index (χ0v) is 13.1. The fourth-order valence-electron chi connectivity index (χ4n) is 3.48. The average molecular weight is 353 g/mol. The maximum atomic E-state index is 9.87. The van der Waals surface area contributed by atoms with Gasteiger partial charge in [-0.3, -0.25) is 4.90 Å². The summed E-state index contributed by atoms with van der Waals surface area (Å²) in [5, 5.41) is 13.3. The van der Waals surface area contributed by atoms with E-state index in [1.807, 2.05) is 12.1 Å². The van der Waals surface area contributed by atoms with Gasteiger partial charge in [0.25, 0.3) is 6.01 Å². The van der Waals surface area contributed by atoms with Gasteiger partial charge in [-0.25, -0.2) is 4.98 Å². The van der Waals surface area contributed by atoms with E-state index in [0.717, 1.165) is 37.0 Å². The molecule has 0 spiro atoms. The third-order valence-corrected chi connectivity index (χ3v) is 4.82. The molecule has 0 amide bonds. The van der Waals surface area contributed by atoms with Gasteiger partial charge in [0.05, 0.1) is 6.10 Å². The van der Waals surface area contributed by atoms with Crippen LogP contribution in [-0.4, -0.2) is 51.3 Å². The Hall–Kier alpha value is -1.18. The van der Waals surface area contributed by atoms with Crippen LogP contribution < -0.4 is 5.32 Å². The van der Waals surface area contributed by atoms with Crippen LogP contribution in [0.2, 0.25) is 0 Å². The summed E-state index contributed by atoms with van der Waals surface area (Å²) in [5.41, 5.74) is 1.28. The maximum Gasteiger partial charge on any atom is 0.297 e.